The molecule has 4 rings (SSSR count). The lowest BCUT2D eigenvalue weighted by molar-refractivity contribution is 0.103. The Labute approximate surface area is 202 Å². The van der Waals surface area contributed by atoms with E-state index in [1.807, 2.05) is 24.3 Å². The van der Waals surface area contributed by atoms with Gasteiger partial charge in [0.1, 0.15) is 4.88 Å². The predicted molar refractivity (Wildman–Crippen MR) is 131 cm³/mol. The third kappa shape index (κ3) is 4.92. The number of nitrogens with one attached hydrogen (secondary N) is 1. The lowest BCUT2D eigenvalue weighted by atomic mass is 10.1. The Morgan fingerprint density at radius 1 is 1.00 bits per heavy atom. The van der Waals surface area contributed by atoms with Crippen LogP contribution in [0.1, 0.15) is 9.67 Å². The maximum Gasteiger partial charge on any atom is 0.268 e. The van der Waals surface area contributed by atoms with Gasteiger partial charge in [0.2, 0.25) is 10.0 Å². The number of carbonyl (C=O) groups excluding carboxylic acids is 1. The number of primary sulfonamides is 1. The lowest BCUT2D eigenvalue weighted by Gasteiger charge is -2.10. The van der Waals surface area contributed by atoms with E-state index in [1.165, 1.54) is 6.07 Å². The zero-order valence-electron chi connectivity index (χ0n) is 16.2. The summed E-state index contributed by atoms with van der Waals surface area (Å²) in [5, 5.41) is 8.16. The summed E-state index contributed by atoms with van der Waals surface area (Å²) < 4.78 is 24.9. The summed E-state index contributed by atoms with van der Waals surface area (Å²) in [4.78, 5) is 17.7. The Morgan fingerprint density at radius 3 is 2.41 bits per heavy atom. The maximum absolute atomic E-state index is 12.9. The summed E-state index contributed by atoms with van der Waals surface area (Å²) in [5.41, 5.74) is 2.94. The molecule has 0 atom stereocenters. The van der Waals surface area contributed by atoms with E-state index in [0.717, 1.165) is 21.4 Å². The Bertz CT molecular complexity index is 1420. The van der Waals surface area contributed by atoms with Gasteiger partial charge in [-0.15, -0.1) is 0 Å². The molecular formula is C22H15BrClN3O3S2. The molecule has 10 heteroatoms. The maximum atomic E-state index is 12.9. The molecule has 3 aromatic carbocycles. The lowest BCUT2D eigenvalue weighted by Crippen LogP contribution is -2.13. The summed E-state index contributed by atoms with van der Waals surface area (Å²) in [6.45, 7) is 0. The van der Waals surface area contributed by atoms with Crippen molar-refractivity contribution in [3.63, 3.8) is 0 Å². The number of carbonyl (C=O) groups is 1. The van der Waals surface area contributed by atoms with E-state index in [4.69, 9.17) is 16.7 Å². The van der Waals surface area contributed by atoms with Crippen molar-refractivity contribution in [2.24, 2.45) is 5.14 Å². The van der Waals surface area contributed by atoms with E-state index in [0.29, 0.717) is 27.4 Å². The van der Waals surface area contributed by atoms with Crippen molar-refractivity contribution in [2.75, 3.05) is 5.32 Å². The Morgan fingerprint density at radius 2 is 1.72 bits per heavy atom. The van der Waals surface area contributed by atoms with E-state index in [-0.39, 0.29) is 15.3 Å². The van der Waals surface area contributed by atoms with Crippen LogP contribution >= 0.6 is 38.9 Å². The highest BCUT2D eigenvalue weighted by Crippen LogP contribution is 2.33. The molecule has 0 saturated carbocycles. The fourth-order valence-electron chi connectivity index (χ4n) is 3.15. The molecule has 0 fully saturated rings. The molecule has 1 heterocycles. The van der Waals surface area contributed by atoms with E-state index in [2.05, 4.69) is 26.2 Å². The van der Waals surface area contributed by atoms with Crippen LogP contribution in [-0.4, -0.2) is 19.3 Å². The number of rotatable bonds is 5. The van der Waals surface area contributed by atoms with E-state index in [9.17, 15) is 13.2 Å². The van der Waals surface area contributed by atoms with Gasteiger partial charge in [-0.2, -0.15) is 0 Å². The van der Waals surface area contributed by atoms with Crippen LogP contribution in [0, 0.1) is 0 Å². The first-order valence-electron chi connectivity index (χ1n) is 9.18. The van der Waals surface area contributed by atoms with Crippen molar-refractivity contribution < 1.29 is 13.2 Å². The normalized spacial score (nSPS) is 11.3. The smallest absolute Gasteiger partial charge is 0.268 e. The average molecular weight is 549 g/mol. The van der Waals surface area contributed by atoms with Gasteiger partial charge in [0.25, 0.3) is 5.91 Å². The minimum Gasteiger partial charge on any atom is -0.321 e. The molecule has 0 unspecified atom stereocenters. The second kappa shape index (κ2) is 9.13. The fraction of sp³-hybridized carbons (Fsp3) is 0. The van der Waals surface area contributed by atoms with Crippen molar-refractivity contribution in [2.45, 2.75) is 4.90 Å². The third-order valence-corrected chi connectivity index (χ3v) is 7.17. The van der Waals surface area contributed by atoms with Crippen LogP contribution in [0.4, 0.5) is 5.69 Å². The van der Waals surface area contributed by atoms with Crippen LogP contribution in [0.2, 0.25) is 4.47 Å². The molecule has 32 heavy (non-hydrogen) atoms. The SMILES string of the molecule is NS(=O)(=O)c1ccccc1-c1ccc(NC(=O)c2sc(Cl)nc2-c2cccc(Br)c2)cc1. The van der Waals surface area contributed by atoms with Gasteiger partial charge in [0, 0.05) is 21.3 Å². The highest BCUT2D eigenvalue weighted by atomic mass is 79.9. The number of hydrogen-bond acceptors (Lipinski definition) is 5. The number of anilines is 1. The van der Waals surface area contributed by atoms with Crippen LogP contribution in [-0.2, 0) is 10.0 Å². The Hall–Kier alpha value is -2.56. The van der Waals surface area contributed by atoms with Gasteiger partial charge in [-0.3, -0.25) is 4.79 Å². The van der Waals surface area contributed by atoms with Crippen LogP contribution in [0.3, 0.4) is 0 Å². The summed E-state index contributed by atoms with van der Waals surface area (Å²) >= 11 is 10.6. The van der Waals surface area contributed by atoms with Crippen molar-refractivity contribution in [1.82, 2.24) is 4.98 Å². The second-order valence-electron chi connectivity index (χ2n) is 6.73. The van der Waals surface area contributed by atoms with Gasteiger partial charge in [-0.25, -0.2) is 18.5 Å². The molecule has 162 valence electrons. The number of nitrogens with two attached hydrogens (primary N) is 1. The van der Waals surface area contributed by atoms with Gasteiger partial charge < -0.3 is 5.32 Å². The molecule has 0 spiro atoms. The number of nitrogens with zero attached hydrogens (tertiary/aromatic N) is 1. The average Bonchev–Trinajstić information content (AvgIpc) is 3.16. The molecule has 1 aromatic heterocycles. The highest BCUT2D eigenvalue weighted by Gasteiger charge is 2.20. The van der Waals surface area contributed by atoms with Crippen molar-refractivity contribution >= 4 is 60.5 Å². The third-order valence-electron chi connectivity index (χ3n) is 4.55. The van der Waals surface area contributed by atoms with Crippen molar-refractivity contribution in [1.29, 1.82) is 0 Å². The first kappa shape index (κ1) is 22.6. The van der Waals surface area contributed by atoms with E-state index in [1.54, 1.807) is 42.5 Å². The van der Waals surface area contributed by atoms with E-state index >= 15 is 0 Å². The number of benzene rings is 3. The zero-order valence-corrected chi connectivity index (χ0v) is 20.2. The largest absolute Gasteiger partial charge is 0.321 e. The van der Waals surface area contributed by atoms with Crippen LogP contribution in [0.15, 0.2) is 82.2 Å². The fourth-order valence-corrected chi connectivity index (χ4v) is 5.34. The number of thiazole rings is 1. The molecule has 0 radical (unpaired) electrons. The molecule has 4 aromatic rings. The number of halogens is 2. The first-order chi connectivity index (χ1) is 15.2. The monoisotopic (exact) mass is 547 g/mol. The molecule has 0 aliphatic heterocycles. The van der Waals surface area contributed by atoms with Gasteiger partial charge in [-0.1, -0.05) is 81.3 Å². The Kier molecular flexibility index (Phi) is 6.45. The first-order valence-corrected chi connectivity index (χ1v) is 12.7. The minimum absolute atomic E-state index is 0.0368. The van der Waals surface area contributed by atoms with Crippen molar-refractivity contribution in [3.8, 4) is 22.4 Å². The molecule has 6 nitrogen and oxygen atoms in total. The van der Waals surface area contributed by atoms with Crippen LogP contribution in [0.5, 0.6) is 0 Å². The molecule has 3 N–H and O–H groups in total. The second-order valence-corrected chi connectivity index (χ2v) is 10.8. The molecule has 0 aliphatic rings. The molecule has 0 saturated heterocycles. The topological polar surface area (TPSA) is 102 Å². The van der Waals surface area contributed by atoms with Gasteiger partial charge >= 0.3 is 0 Å². The number of sulfonamides is 1. The standard InChI is InChI=1S/C22H15BrClN3O3S2/c23-15-5-3-4-14(12-15)19-20(31-22(24)27-19)21(28)26-16-10-8-13(9-11-16)17-6-1-2-7-18(17)32(25,29)30/h1-12H,(H,26,28)(H2,25,29,30). The summed E-state index contributed by atoms with van der Waals surface area (Å²) in [7, 11) is -3.87. The highest BCUT2D eigenvalue weighted by molar-refractivity contribution is 9.10. The van der Waals surface area contributed by atoms with Gasteiger partial charge in [0.15, 0.2) is 4.47 Å². The Balaban J connectivity index is 1.61. The van der Waals surface area contributed by atoms with Gasteiger partial charge in [0.05, 0.1) is 10.6 Å². The minimum atomic E-state index is -3.87. The molecule has 0 bridgehead atoms. The van der Waals surface area contributed by atoms with Crippen LogP contribution < -0.4 is 10.5 Å². The number of amides is 1. The van der Waals surface area contributed by atoms with E-state index < -0.39 is 10.0 Å². The van der Waals surface area contributed by atoms with Gasteiger partial charge in [-0.05, 0) is 35.9 Å². The van der Waals surface area contributed by atoms with Crippen LogP contribution in [0.25, 0.3) is 22.4 Å². The van der Waals surface area contributed by atoms with Crippen molar-refractivity contribution in [3.05, 3.63) is 86.6 Å². The summed E-state index contributed by atoms with van der Waals surface area (Å²) in [6.07, 6.45) is 0. The molecular weight excluding hydrogens is 534 g/mol. The number of hydrogen-bond donors (Lipinski definition) is 2. The number of aromatic nitrogens is 1. The summed E-state index contributed by atoms with van der Waals surface area (Å²) in [6, 6.07) is 20.7. The predicted octanol–water partition coefficient (Wildman–Crippen LogP) is 5.79. The molecule has 1 amide bonds. The molecule has 0 aliphatic carbocycles. The zero-order chi connectivity index (χ0) is 22.9. The quantitative estimate of drug-likeness (QED) is 0.329. The summed E-state index contributed by atoms with van der Waals surface area (Å²) in [5.74, 6) is -0.345.